The molecule has 1 aromatic rings. The molecule has 1 rings (SSSR count). The number of nitriles is 1. The molecule has 0 saturated heterocycles. The summed E-state index contributed by atoms with van der Waals surface area (Å²) in [5.74, 6) is -1.56. The van der Waals surface area contributed by atoms with E-state index in [1.807, 2.05) is 6.07 Å². The Hall–Kier alpha value is -2.61. The Bertz CT molecular complexity index is 607. The summed E-state index contributed by atoms with van der Waals surface area (Å²) < 4.78 is 0. The van der Waals surface area contributed by atoms with Crippen molar-refractivity contribution in [3.63, 3.8) is 0 Å². The summed E-state index contributed by atoms with van der Waals surface area (Å²) in [7, 11) is 0. The number of hydrogen-bond acceptors (Lipinski definition) is 3. The predicted octanol–water partition coefficient (Wildman–Crippen LogP) is 2.19. The highest BCUT2D eigenvalue weighted by atomic mass is 16.4. The highest BCUT2D eigenvalue weighted by Gasteiger charge is 2.31. The van der Waals surface area contributed by atoms with Crippen molar-refractivity contribution in [3.05, 3.63) is 41.5 Å². The van der Waals surface area contributed by atoms with Gasteiger partial charge in [-0.2, -0.15) is 5.26 Å². The first-order valence-electron chi connectivity index (χ1n) is 6.45. The number of hydrogen-bond donors (Lipinski definition) is 2. The van der Waals surface area contributed by atoms with Gasteiger partial charge in [-0.25, -0.2) is 4.79 Å². The van der Waals surface area contributed by atoms with Crippen LogP contribution in [-0.2, 0) is 9.59 Å². The molecule has 1 aromatic carbocycles. The largest absolute Gasteiger partial charge is 0.480 e. The smallest absolute Gasteiger partial charge is 0.326 e. The predicted molar refractivity (Wildman–Crippen MR) is 79.2 cm³/mol. The van der Waals surface area contributed by atoms with Crippen molar-refractivity contribution in [2.45, 2.75) is 26.8 Å². The molecule has 0 aliphatic heterocycles. The number of nitrogens with zero attached hydrogens (tertiary/aromatic N) is 1. The molecule has 1 amide bonds. The van der Waals surface area contributed by atoms with Gasteiger partial charge in [-0.05, 0) is 29.2 Å². The van der Waals surface area contributed by atoms with E-state index in [1.165, 1.54) is 12.2 Å². The molecule has 0 radical (unpaired) electrons. The highest BCUT2D eigenvalue weighted by Crippen LogP contribution is 2.19. The number of carboxylic acids is 1. The lowest BCUT2D eigenvalue weighted by Gasteiger charge is -2.27. The van der Waals surface area contributed by atoms with Crippen LogP contribution < -0.4 is 5.32 Å². The van der Waals surface area contributed by atoms with Crippen LogP contribution >= 0.6 is 0 Å². The van der Waals surface area contributed by atoms with Gasteiger partial charge >= 0.3 is 5.97 Å². The van der Waals surface area contributed by atoms with E-state index >= 15 is 0 Å². The number of nitrogens with one attached hydrogen (secondary N) is 1. The Kier molecular flexibility index (Phi) is 5.25. The molecule has 0 heterocycles. The van der Waals surface area contributed by atoms with Gasteiger partial charge in [0.2, 0.25) is 5.91 Å². The van der Waals surface area contributed by atoms with Gasteiger partial charge in [-0.3, -0.25) is 4.79 Å². The van der Waals surface area contributed by atoms with Crippen LogP contribution in [0, 0.1) is 16.7 Å². The van der Waals surface area contributed by atoms with Crippen LogP contribution in [0.1, 0.15) is 31.9 Å². The van der Waals surface area contributed by atoms with Crippen LogP contribution in [0.25, 0.3) is 6.08 Å². The number of aliphatic carboxylic acids is 1. The Morgan fingerprint density at radius 3 is 2.57 bits per heavy atom. The first-order chi connectivity index (χ1) is 9.74. The third kappa shape index (κ3) is 5.11. The van der Waals surface area contributed by atoms with Gasteiger partial charge in [0.1, 0.15) is 6.04 Å². The maximum Gasteiger partial charge on any atom is 0.326 e. The Balaban J connectivity index is 2.79. The van der Waals surface area contributed by atoms with Crippen LogP contribution in [-0.4, -0.2) is 23.0 Å². The van der Waals surface area contributed by atoms with Gasteiger partial charge in [0.15, 0.2) is 0 Å². The second kappa shape index (κ2) is 6.71. The van der Waals surface area contributed by atoms with Crippen molar-refractivity contribution in [3.8, 4) is 6.07 Å². The Morgan fingerprint density at radius 2 is 2.05 bits per heavy atom. The molecule has 110 valence electrons. The van der Waals surface area contributed by atoms with Crippen LogP contribution in [0.3, 0.4) is 0 Å². The zero-order chi connectivity index (χ0) is 16.0. The molecule has 0 spiro atoms. The normalized spacial score (nSPS) is 12.7. The molecule has 5 nitrogen and oxygen atoms in total. The van der Waals surface area contributed by atoms with Gasteiger partial charge in [0.25, 0.3) is 0 Å². The van der Waals surface area contributed by atoms with Crippen molar-refractivity contribution in [2.75, 3.05) is 0 Å². The number of carbonyl (C=O) groups is 2. The first-order valence-corrected chi connectivity index (χ1v) is 6.45. The third-order valence-corrected chi connectivity index (χ3v) is 2.84. The fraction of sp³-hybridized carbons (Fsp3) is 0.312. The first kappa shape index (κ1) is 16.4. The van der Waals surface area contributed by atoms with E-state index in [9.17, 15) is 9.59 Å². The molecule has 0 saturated carbocycles. The van der Waals surface area contributed by atoms with Crippen molar-refractivity contribution in [1.82, 2.24) is 5.32 Å². The van der Waals surface area contributed by atoms with Gasteiger partial charge < -0.3 is 10.4 Å². The summed E-state index contributed by atoms with van der Waals surface area (Å²) in [6.07, 6.45) is 2.80. The van der Waals surface area contributed by atoms with Gasteiger partial charge in [-0.15, -0.1) is 0 Å². The molecule has 0 aliphatic carbocycles. The van der Waals surface area contributed by atoms with Crippen LogP contribution in [0.15, 0.2) is 30.3 Å². The zero-order valence-electron chi connectivity index (χ0n) is 12.3. The van der Waals surface area contributed by atoms with Crippen LogP contribution in [0.4, 0.5) is 0 Å². The monoisotopic (exact) mass is 286 g/mol. The number of amides is 1. The van der Waals surface area contributed by atoms with Crippen molar-refractivity contribution >= 4 is 18.0 Å². The average Bonchev–Trinajstić information content (AvgIpc) is 2.41. The van der Waals surface area contributed by atoms with E-state index < -0.39 is 23.3 Å². The standard InChI is InChI=1S/C16H18N2O3/c1-16(2,3)14(15(20)21)18-13(19)8-7-11-5-4-6-12(9-11)10-17/h4-9,14H,1-3H3,(H,18,19)(H,20,21)/b8-7+. The third-order valence-electron chi connectivity index (χ3n) is 2.84. The fourth-order valence-electron chi connectivity index (χ4n) is 1.72. The molecule has 0 fully saturated rings. The Labute approximate surface area is 123 Å². The van der Waals surface area contributed by atoms with E-state index in [0.29, 0.717) is 11.1 Å². The van der Waals surface area contributed by atoms with Crippen molar-refractivity contribution in [1.29, 1.82) is 5.26 Å². The van der Waals surface area contributed by atoms with Crippen molar-refractivity contribution in [2.24, 2.45) is 5.41 Å². The topological polar surface area (TPSA) is 90.2 Å². The zero-order valence-corrected chi connectivity index (χ0v) is 12.3. The quantitative estimate of drug-likeness (QED) is 0.830. The summed E-state index contributed by atoms with van der Waals surface area (Å²) in [5, 5.41) is 20.4. The fourth-order valence-corrected chi connectivity index (χ4v) is 1.72. The second-order valence-corrected chi connectivity index (χ2v) is 5.72. The minimum atomic E-state index is -1.07. The lowest BCUT2D eigenvalue weighted by atomic mass is 9.87. The number of carbonyl (C=O) groups excluding carboxylic acids is 1. The Morgan fingerprint density at radius 1 is 1.38 bits per heavy atom. The van der Waals surface area contributed by atoms with E-state index in [0.717, 1.165) is 0 Å². The summed E-state index contributed by atoms with van der Waals surface area (Å²) in [5.41, 5.74) is 0.610. The molecule has 0 aliphatic rings. The van der Waals surface area contributed by atoms with Crippen molar-refractivity contribution < 1.29 is 14.7 Å². The summed E-state index contributed by atoms with van der Waals surface area (Å²) in [4.78, 5) is 23.0. The van der Waals surface area contributed by atoms with Crippen LogP contribution in [0.2, 0.25) is 0 Å². The maximum absolute atomic E-state index is 11.8. The SMILES string of the molecule is CC(C)(C)C(NC(=O)/C=C/c1cccc(C#N)c1)C(=O)O. The summed E-state index contributed by atoms with van der Waals surface area (Å²) in [6, 6.07) is 7.81. The van der Waals surface area contributed by atoms with E-state index in [-0.39, 0.29) is 0 Å². The maximum atomic E-state index is 11.8. The van der Waals surface area contributed by atoms with E-state index in [4.69, 9.17) is 10.4 Å². The average molecular weight is 286 g/mol. The second-order valence-electron chi connectivity index (χ2n) is 5.72. The van der Waals surface area contributed by atoms with Gasteiger partial charge in [-0.1, -0.05) is 32.9 Å². The molecule has 0 aromatic heterocycles. The summed E-state index contributed by atoms with van der Waals surface area (Å²) >= 11 is 0. The molecular weight excluding hydrogens is 268 g/mol. The van der Waals surface area contributed by atoms with E-state index in [1.54, 1.807) is 45.0 Å². The lowest BCUT2D eigenvalue weighted by Crippen LogP contribution is -2.48. The minimum absolute atomic E-state index is 0.486. The molecule has 21 heavy (non-hydrogen) atoms. The molecule has 0 bridgehead atoms. The molecule has 5 heteroatoms. The molecule has 1 atom stereocenters. The number of benzene rings is 1. The highest BCUT2D eigenvalue weighted by molar-refractivity contribution is 5.94. The summed E-state index contributed by atoms with van der Waals surface area (Å²) in [6.45, 7) is 5.23. The lowest BCUT2D eigenvalue weighted by molar-refractivity contribution is -0.144. The van der Waals surface area contributed by atoms with E-state index in [2.05, 4.69) is 5.32 Å². The molecular formula is C16H18N2O3. The van der Waals surface area contributed by atoms with Crippen LogP contribution in [0.5, 0.6) is 0 Å². The minimum Gasteiger partial charge on any atom is -0.480 e. The molecule has 1 unspecified atom stereocenters. The number of carboxylic acid groups (broad SMARTS) is 1. The molecule has 2 N–H and O–H groups in total. The van der Waals surface area contributed by atoms with Gasteiger partial charge in [0.05, 0.1) is 11.6 Å². The number of rotatable bonds is 4. The van der Waals surface area contributed by atoms with Gasteiger partial charge in [0, 0.05) is 6.08 Å².